The van der Waals surface area contributed by atoms with Gasteiger partial charge < -0.3 is 0 Å². The van der Waals surface area contributed by atoms with E-state index in [-0.39, 0.29) is 0 Å². The molecule has 16 heavy (non-hydrogen) atoms. The molecule has 0 rings (SSSR count). The fraction of sp³-hybridized carbons (Fsp3) is 0.875. The van der Waals surface area contributed by atoms with Crippen molar-refractivity contribution in [3.8, 4) is 0 Å². The van der Waals surface area contributed by atoms with Gasteiger partial charge in [-0.05, 0) is 0 Å². The van der Waals surface area contributed by atoms with Gasteiger partial charge >= 0.3 is 0 Å². The molecule has 0 amide bonds. The lowest BCUT2D eigenvalue weighted by Gasteiger charge is -2.22. The van der Waals surface area contributed by atoms with Crippen LogP contribution < -0.4 is 0 Å². The van der Waals surface area contributed by atoms with Gasteiger partial charge in [0, 0.05) is 19.1 Å². The molecule has 2 unspecified atom stereocenters. The Bertz CT molecular complexity index is 235. The Balaban J connectivity index is 4.24. The first kappa shape index (κ1) is 15.6. The molecule has 0 spiro atoms. The summed E-state index contributed by atoms with van der Waals surface area (Å²) in [6.07, 6.45) is -12.0. The molecule has 0 aliphatic carbocycles. The van der Waals surface area contributed by atoms with Crippen LogP contribution in [0.15, 0.2) is 0 Å². The lowest BCUT2D eigenvalue weighted by Crippen LogP contribution is -2.41. The topological polar surface area (TPSA) is 17.1 Å². The first-order chi connectivity index (χ1) is 7.18. The van der Waals surface area contributed by atoms with E-state index in [1.54, 1.807) is 0 Å². The van der Waals surface area contributed by atoms with Crippen molar-refractivity contribution in [1.82, 2.24) is 0 Å². The van der Waals surface area contributed by atoms with Crippen LogP contribution in [0.3, 0.4) is 0 Å². The summed E-state index contributed by atoms with van der Waals surface area (Å²) in [6.45, 7) is 1.12. The molecular weight excluding hydrogens is 258 g/mol. The predicted octanol–water partition coefficient (Wildman–Crippen LogP) is 3.23. The van der Waals surface area contributed by atoms with E-state index < -0.39 is 42.0 Å². The summed E-state index contributed by atoms with van der Waals surface area (Å²) in [7, 11) is 0. The highest BCUT2D eigenvalue weighted by atomic mass is 32.2. The summed E-state index contributed by atoms with van der Waals surface area (Å²) < 4.78 is 73.9. The number of carbonyl (C=O) groups excluding carboxylic acids is 1. The largest absolute Gasteiger partial charge is 0.288 e. The first-order valence-corrected chi connectivity index (χ1v) is 5.24. The average Bonchev–Trinajstić information content (AvgIpc) is 2.14. The van der Waals surface area contributed by atoms with E-state index in [0.717, 1.165) is 6.92 Å². The van der Waals surface area contributed by atoms with Gasteiger partial charge in [0.2, 0.25) is 0 Å². The maximum absolute atomic E-state index is 12.8. The summed E-state index contributed by atoms with van der Waals surface area (Å²) in [6, 6.07) is 0. The molecule has 0 N–H and O–H groups in total. The van der Waals surface area contributed by atoms with Crippen LogP contribution in [0, 0.1) is 0 Å². The smallest absolute Gasteiger partial charge is 0.282 e. The average molecular weight is 268 g/mol. The van der Waals surface area contributed by atoms with Crippen molar-refractivity contribution in [3.63, 3.8) is 0 Å². The quantitative estimate of drug-likeness (QED) is 0.688. The van der Waals surface area contributed by atoms with E-state index in [1.165, 1.54) is 0 Å². The highest BCUT2D eigenvalue weighted by Crippen LogP contribution is 2.32. The van der Waals surface area contributed by atoms with E-state index in [4.69, 9.17) is 0 Å². The molecule has 0 heterocycles. The lowest BCUT2D eigenvalue weighted by atomic mass is 10.1. The second kappa shape index (κ2) is 6.36. The van der Waals surface area contributed by atoms with Gasteiger partial charge in [0.15, 0.2) is 17.5 Å². The lowest BCUT2D eigenvalue weighted by molar-refractivity contribution is -0.127. The zero-order chi connectivity index (χ0) is 12.9. The number of alkyl halides is 6. The SMILES string of the molecule is CC(=O)SCCC(F)(F)C(F)C(F)C(F)F. The Morgan fingerprint density at radius 1 is 1.25 bits per heavy atom. The molecule has 0 aliphatic heterocycles. The normalized spacial score (nSPS) is 16.2. The minimum absolute atomic E-state index is 0.446. The summed E-state index contributed by atoms with van der Waals surface area (Å²) in [5.74, 6) is -4.64. The summed E-state index contributed by atoms with van der Waals surface area (Å²) in [5.41, 5.74) is 0. The molecule has 0 saturated carbocycles. The molecule has 0 aromatic rings. The molecule has 0 aliphatic rings. The van der Waals surface area contributed by atoms with Crippen molar-refractivity contribution in [1.29, 1.82) is 0 Å². The van der Waals surface area contributed by atoms with Crippen molar-refractivity contribution in [3.05, 3.63) is 0 Å². The molecule has 96 valence electrons. The number of rotatable bonds is 6. The Morgan fingerprint density at radius 2 is 1.75 bits per heavy atom. The Hall–Kier alpha value is -0.400. The molecule has 0 bridgehead atoms. The molecule has 0 aromatic heterocycles. The van der Waals surface area contributed by atoms with E-state index in [0.29, 0.717) is 11.8 Å². The van der Waals surface area contributed by atoms with Crippen molar-refractivity contribution < 1.29 is 31.1 Å². The summed E-state index contributed by atoms with van der Waals surface area (Å²) in [4.78, 5) is 10.4. The number of hydrogen-bond acceptors (Lipinski definition) is 2. The molecule has 1 nitrogen and oxygen atoms in total. The molecule has 2 atom stereocenters. The maximum atomic E-state index is 12.8. The zero-order valence-corrected chi connectivity index (χ0v) is 9.05. The van der Waals surface area contributed by atoms with Crippen LogP contribution in [0.4, 0.5) is 26.3 Å². The highest BCUT2D eigenvalue weighted by molar-refractivity contribution is 8.13. The fourth-order valence-corrected chi connectivity index (χ4v) is 1.49. The monoisotopic (exact) mass is 268 g/mol. The van der Waals surface area contributed by atoms with E-state index in [9.17, 15) is 31.1 Å². The van der Waals surface area contributed by atoms with Gasteiger partial charge in [-0.15, -0.1) is 0 Å². The van der Waals surface area contributed by atoms with Crippen LogP contribution >= 0.6 is 11.8 Å². The Labute approximate surface area is 92.6 Å². The maximum Gasteiger partial charge on any atom is 0.282 e. The molecular formula is C8H10F6OS. The second-order valence-electron chi connectivity index (χ2n) is 3.03. The second-order valence-corrected chi connectivity index (χ2v) is 4.30. The van der Waals surface area contributed by atoms with Gasteiger partial charge in [-0.25, -0.2) is 26.3 Å². The first-order valence-electron chi connectivity index (χ1n) is 4.26. The standard InChI is InChI=1S/C8H10F6OS/c1-4(15)16-3-2-8(13,14)6(10)5(9)7(11)12/h5-7H,2-3H2,1H3. The van der Waals surface area contributed by atoms with Gasteiger partial charge in [0.25, 0.3) is 12.3 Å². The Kier molecular flexibility index (Phi) is 6.20. The van der Waals surface area contributed by atoms with Crippen molar-refractivity contribution in [2.24, 2.45) is 0 Å². The number of thioether (sulfide) groups is 1. The number of halogens is 6. The van der Waals surface area contributed by atoms with Gasteiger partial charge in [0.1, 0.15) is 0 Å². The number of carbonyl (C=O) groups is 1. The van der Waals surface area contributed by atoms with Gasteiger partial charge in [-0.2, -0.15) is 0 Å². The summed E-state index contributed by atoms with van der Waals surface area (Å²) in [5, 5.41) is -0.461. The van der Waals surface area contributed by atoms with Crippen molar-refractivity contribution in [2.45, 2.75) is 38.0 Å². The van der Waals surface area contributed by atoms with E-state index in [2.05, 4.69) is 0 Å². The highest BCUT2D eigenvalue weighted by Gasteiger charge is 2.48. The van der Waals surface area contributed by atoms with Crippen LogP contribution in [-0.4, -0.2) is 35.6 Å². The van der Waals surface area contributed by atoms with Crippen molar-refractivity contribution >= 4 is 16.9 Å². The molecule has 0 saturated heterocycles. The summed E-state index contributed by atoms with van der Waals surface area (Å²) >= 11 is 0.500. The van der Waals surface area contributed by atoms with Crippen LogP contribution in [0.25, 0.3) is 0 Å². The molecule has 0 fully saturated rings. The van der Waals surface area contributed by atoms with Gasteiger partial charge in [-0.3, -0.25) is 4.79 Å². The van der Waals surface area contributed by atoms with Crippen LogP contribution in [0.1, 0.15) is 13.3 Å². The molecule has 0 aromatic carbocycles. The third-order valence-electron chi connectivity index (χ3n) is 1.66. The zero-order valence-electron chi connectivity index (χ0n) is 8.23. The van der Waals surface area contributed by atoms with Crippen LogP contribution in [-0.2, 0) is 4.79 Å². The molecule has 0 radical (unpaired) electrons. The minimum Gasteiger partial charge on any atom is -0.288 e. The third kappa shape index (κ3) is 5.09. The fourth-order valence-electron chi connectivity index (χ4n) is 0.829. The molecule has 8 heteroatoms. The van der Waals surface area contributed by atoms with Gasteiger partial charge in [0.05, 0.1) is 0 Å². The third-order valence-corrected chi connectivity index (χ3v) is 2.48. The minimum atomic E-state index is -4.20. The van der Waals surface area contributed by atoms with Crippen molar-refractivity contribution in [2.75, 3.05) is 5.75 Å². The van der Waals surface area contributed by atoms with E-state index in [1.807, 2.05) is 0 Å². The van der Waals surface area contributed by atoms with Crippen LogP contribution in [0.2, 0.25) is 0 Å². The van der Waals surface area contributed by atoms with Crippen LogP contribution in [0.5, 0.6) is 0 Å². The number of hydrogen-bond donors (Lipinski definition) is 0. The Morgan fingerprint density at radius 3 is 2.12 bits per heavy atom. The predicted molar refractivity (Wildman–Crippen MR) is 48.5 cm³/mol. The van der Waals surface area contributed by atoms with Gasteiger partial charge in [-0.1, -0.05) is 11.8 Å². The van der Waals surface area contributed by atoms with E-state index >= 15 is 0 Å².